The third-order valence-electron chi connectivity index (χ3n) is 3.98. The molecule has 0 spiro atoms. The Bertz CT molecular complexity index is 412. The zero-order valence-electron chi connectivity index (χ0n) is 15.2. The third kappa shape index (κ3) is 6.56. The lowest BCUT2D eigenvalue weighted by molar-refractivity contribution is -0.146. The molecule has 0 aliphatic heterocycles. The van der Waals surface area contributed by atoms with E-state index in [2.05, 4.69) is 20.7 Å². The van der Waals surface area contributed by atoms with E-state index in [-0.39, 0.29) is 23.8 Å². The van der Waals surface area contributed by atoms with E-state index in [1.54, 1.807) is 14.0 Å². The molecular formula is C16H31N3O4. The lowest BCUT2D eigenvalue weighted by Gasteiger charge is -2.25. The Hall–Kier alpha value is -1.63. The zero-order valence-corrected chi connectivity index (χ0v) is 15.2. The molecule has 23 heavy (non-hydrogen) atoms. The second-order valence-electron chi connectivity index (χ2n) is 6.14. The van der Waals surface area contributed by atoms with Gasteiger partial charge in [0, 0.05) is 0 Å². The van der Waals surface area contributed by atoms with E-state index < -0.39 is 24.0 Å². The first-order valence-electron chi connectivity index (χ1n) is 8.05. The number of likely N-dealkylation sites (N-methyl/N-ethyl adjacent to an activating group) is 1. The molecule has 0 saturated heterocycles. The fourth-order valence-corrected chi connectivity index (χ4v) is 2.18. The van der Waals surface area contributed by atoms with E-state index in [9.17, 15) is 14.4 Å². The van der Waals surface area contributed by atoms with Crippen molar-refractivity contribution < 1.29 is 19.1 Å². The van der Waals surface area contributed by atoms with Crippen LogP contribution in [0, 0.1) is 11.8 Å². The quantitative estimate of drug-likeness (QED) is 0.533. The summed E-state index contributed by atoms with van der Waals surface area (Å²) < 4.78 is 4.69. The van der Waals surface area contributed by atoms with Crippen LogP contribution in [0.5, 0.6) is 0 Å². The molecule has 0 aliphatic carbocycles. The number of hydrogen-bond donors (Lipinski definition) is 3. The second-order valence-corrected chi connectivity index (χ2v) is 6.14. The number of amides is 2. The van der Waals surface area contributed by atoms with Gasteiger partial charge < -0.3 is 20.7 Å². The van der Waals surface area contributed by atoms with Gasteiger partial charge in [-0.2, -0.15) is 0 Å². The van der Waals surface area contributed by atoms with Gasteiger partial charge in [-0.1, -0.05) is 34.1 Å². The number of ether oxygens (including phenoxy) is 1. The van der Waals surface area contributed by atoms with Gasteiger partial charge in [-0.05, 0) is 25.8 Å². The number of rotatable bonds is 9. The Morgan fingerprint density at radius 1 is 0.957 bits per heavy atom. The van der Waals surface area contributed by atoms with Crippen molar-refractivity contribution in [3.63, 3.8) is 0 Å². The predicted octanol–water partition coefficient (Wildman–Crippen LogP) is 0.439. The number of carbonyl (C=O) groups excluding carboxylic acids is 3. The minimum absolute atomic E-state index is 0.112. The maximum Gasteiger partial charge on any atom is 0.328 e. The number of hydrogen-bond acceptors (Lipinski definition) is 5. The minimum Gasteiger partial charge on any atom is -0.467 e. The lowest BCUT2D eigenvalue weighted by Crippen LogP contribution is -2.55. The Morgan fingerprint density at radius 2 is 1.52 bits per heavy atom. The Labute approximate surface area is 138 Å². The fourth-order valence-electron chi connectivity index (χ4n) is 2.18. The summed E-state index contributed by atoms with van der Waals surface area (Å²) in [4.78, 5) is 36.1. The monoisotopic (exact) mass is 329 g/mol. The summed E-state index contributed by atoms with van der Waals surface area (Å²) in [7, 11) is 2.99. The topological polar surface area (TPSA) is 96.5 Å². The van der Waals surface area contributed by atoms with Crippen molar-refractivity contribution in [3.05, 3.63) is 0 Å². The highest BCUT2D eigenvalue weighted by Gasteiger charge is 2.29. The van der Waals surface area contributed by atoms with Crippen LogP contribution in [-0.4, -0.2) is 50.1 Å². The van der Waals surface area contributed by atoms with Gasteiger partial charge in [0.1, 0.15) is 12.1 Å². The SMILES string of the molecule is CC[C@H](C)[C@H](NC)C(=O)N[C@H](C)C(=O)N[C@H](C(=O)OC)C(C)C. The molecule has 0 radical (unpaired) electrons. The van der Waals surface area contributed by atoms with Gasteiger partial charge in [-0.25, -0.2) is 4.79 Å². The fraction of sp³-hybridized carbons (Fsp3) is 0.812. The molecular weight excluding hydrogens is 298 g/mol. The van der Waals surface area contributed by atoms with Crippen LogP contribution in [0.15, 0.2) is 0 Å². The van der Waals surface area contributed by atoms with Gasteiger partial charge in [-0.15, -0.1) is 0 Å². The Morgan fingerprint density at radius 3 is 1.91 bits per heavy atom. The standard InChI is InChI=1S/C16H31N3O4/c1-8-10(4)13(17-6)15(21)18-11(5)14(20)19-12(9(2)3)16(22)23-7/h9-13,17H,8H2,1-7H3,(H,18,21)(H,19,20)/t10-,11+,12-,13-/m0/s1. The van der Waals surface area contributed by atoms with Crippen LogP contribution < -0.4 is 16.0 Å². The van der Waals surface area contributed by atoms with Gasteiger partial charge in [0.15, 0.2) is 0 Å². The molecule has 0 bridgehead atoms. The zero-order chi connectivity index (χ0) is 18.2. The molecule has 0 aliphatic rings. The largest absolute Gasteiger partial charge is 0.467 e. The number of esters is 1. The van der Waals surface area contributed by atoms with Crippen molar-refractivity contribution in [3.8, 4) is 0 Å². The normalized spacial score (nSPS) is 16.2. The first kappa shape index (κ1) is 21.4. The van der Waals surface area contributed by atoms with Crippen LogP contribution in [0.3, 0.4) is 0 Å². The molecule has 0 unspecified atom stereocenters. The molecule has 0 heterocycles. The highest BCUT2D eigenvalue weighted by Crippen LogP contribution is 2.08. The second kappa shape index (κ2) is 10.2. The number of methoxy groups -OCH3 is 1. The average molecular weight is 329 g/mol. The van der Waals surface area contributed by atoms with E-state index >= 15 is 0 Å². The molecule has 7 heteroatoms. The Kier molecular flexibility index (Phi) is 9.48. The molecule has 0 fully saturated rings. The molecule has 0 rings (SSSR count). The van der Waals surface area contributed by atoms with E-state index in [1.807, 2.05) is 27.7 Å². The van der Waals surface area contributed by atoms with Crippen molar-refractivity contribution in [2.75, 3.05) is 14.2 Å². The minimum atomic E-state index is -0.742. The van der Waals surface area contributed by atoms with Crippen LogP contribution in [0.1, 0.15) is 41.0 Å². The van der Waals surface area contributed by atoms with E-state index in [0.717, 1.165) is 6.42 Å². The first-order valence-corrected chi connectivity index (χ1v) is 8.05. The number of carbonyl (C=O) groups is 3. The van der Waals surface area contributed by atoms with Crippen molar-refractivity contribution >= 4 is 17.8 Å². The molecule has 3 N–H and O–H groups in total. The highest BCUT2D eigenvalue weighted by molar-refractivity contribution is 5.91. The van der Waals surface area contributed by atoms with Crippen LogP contribution >= 0.6 is 0 Å². The smallest absolute Gasteiger partial charge is 0.328 e. The van der Waals surface area contributed by atoms with Crippen LogP contribution in [0.25, 0.3) is 0 Å². The summed E-state index contributed by atoms with van der Waals surface area (Å²) in [6.45, 7) is 9.18. The molecule has 2 amide bonds. The lowest BCUT2D eigenvalue weighted by atomic mass is 9.98. The van der Waals surface area contributed by atoms with Gasteiger partial charge in [-0.3, -0.25) is 9.59 Å². The van der Waals surface area contributed by atoms with Crippen molar-refractivity contribution in [1.29, 1.82) is 0 Å². The van der Waals surface area contributed by atoms with Crippen LogP contribution in [0.4, 0.5) is 0 Å². The first-order chi connectivity index (χ1) is 10.7. The van der Waals surface area contributed by atoms with Crippen molar-refractivity contribution in [1.82, 2.24) is 16.0 Å². The van der Waals surface area contributed by atoms with Crippen LogP contribution in [0.2, 0.25) is 0 Å². The average Bonchev–Trinajstić information content (AvgIpc) is 2.51. The van der Waals surface area contributed by atoms with Crippen molar-refractivity contribution in [2.45, 2.75) is 59.2 Å². The summed E-state index contributed by atoms with van der Waals surface area (Å²) in [6, 6.07) is -1.84. The van der Waals surface area contributed by atoms with Crippen molar-refractivity contribution in [2.24, 2.45) is 11.8 Å². The van der Waals surface area contributed by atoms with Crippen LogP contribution in [-0.2, 0) is 19.1 Å². The van der Waals surface area contributed by atoms with Gasteiger partial charge in [0.05, 0.1) is 13.2 Å². The Balaban J connectivity index is 4.77. The summed E-state index contributed by atoms with van der Waals surface area (Å²) in [5.74, 6) is -1.11. The predicted molar refractivity (Wildman–Crippen MR) is 88.7 cm³/mol. The maximum atomic E-state index is 12.3. The van der Waals surface area contributed by atoms with Gasteiger partial charge in [0.25, 0.3) is 0 Å². The summed E-state index contributed by atoms with van der Waals surface area (Å²) in [5, 5.41) is 8.27. The molecule has 4 atom stereocenters. The third-order valence-corrected chi connectivity index (χ3v) is 3.98. The van der Waals surface area contributed by atoms with E-state index in [4.69, 9.17) is 0 Å². The molecule has 0 saturated carbocycles. The van der Waals surface area contributed by atoms with E-state index in [1.165, 1.54) is 7.11 Å². The summed E-state index contributed by atoms with van der Waals surface area (Å²) >= 11 is 0. The molecule has 0 aromatic heterocycles. The molecule has 7 nitrogen and oxygen atoms in total. The maximum absolute atomic E-state index is 12.3. The number of nitrogens with one attached hydrogen (secondary N) is 3. The summed E-state index contributed by atoms with van der Waals surface area (Å²) in [5.41, 5.74) is 0. The summed E-state index contributed by atoms with van der Waals surface area (Å²) in [6.07, 6.45) is 0.845. The molecule has 0 aromatic rings. The highest BCUT2D eigenvalue weighted by atomic mass is 16.5. The molecule has 134 valence electrons. The van der Waals surface area contributed by atoms with Gasteiger partial charge >= 0.3 is 5.97 Å². The van der Waals surface area contributed by atoms with E-state index in [0.29, 0.717) is 0 Å². The molecule has 0 aromatic carbocycles. The van der Waals surface area contributed by atoms with Gasteiger partial charge in [0.2, 0.25) is 11.8 Å².